The maximum atomic E-state index is 14.4. The van der Waals surface area contributed by atoms with Crippen LogP contribution in [0.3, 0.4) is 0 Å². The van der Waals surface area contributed by atoms with Gasteiger partial charge in [-0.1, -0.05) is 18.3 Å². The van der Waals surface area contributed by atoms with Crippen LogP contribution >= 0.6 is 11.8 Å². The number of nitrogens with one attached hydrogen (secondary N) is 1. The second-order valence-corrected chi connectivity index (χ2v) is 7.03. The SMILES string of the molecule is C=C(C)OC(=O)Nc1cc(-c2cc3cnc(SC)nc3nc2C)c(C)cc1F. The Kier molecular flexibility index (Phi) is 5.60. The van der Waals surface area contributed by atoms with Gasteiger partial charge in [0.2, 0.25) is 0 Å². The number of carbonyl (C=O) groups is 1. The number of carbonyl (C=O) groups excluding carboxylic acids is 1. The van der Waals surface area contributed by atoms with E-state index >= 15 is 0 Å². The fourth-order valence-corrected chi connectivity index (χ4v) is 3.10. The van der Waals surface area contributed by atoms with E-state index in [1.54, 1.807) is 19.2 Å². The first-order valence-corrected chi connectivity index (χ1v) is 9.64. The van der Waals surface area contributed by atoms with Crippen molar-refractivity contribution in [3.63, 3.8) is 0 Å². The molecule has 0 aliphatic heterocycles. The third-order valence-corrected chi connectivity index (χ3v) is 4.59. The minimum atomic E-state index is -0.799. The largest absolute Gasteiger partial charge is 0.416 e. The van der Waals surface area contributed by atoms with Crippen LogP contribution in [-0.4, -0.2) is 27.3 Å². The molecular weight excluding hydrogens is 379 g/mol. The molecule has 3 rings (SSSR count). The highest BCUT2D eigenvalue weighted by molar-refractivity contribution is 7.98. The Morgan fingerprint density at radius 3 is 2.64 bits per heavy atom. The maximum absolute atomic E-state index is 14.4. The van der Waals surface area contributed by atoms with Crippen LogP contribution in [0.2, 0.25) is 0 Å². The van der Waals surface area contributed by atoms with Crippen molar-refractivity contribution in [3.8, 4) is 11.1 Å². The van der Waals surface area contributed by atoms with Crippen molar-refractivity contribution in [1.29, 1.82) is 0 Å². The number of allylic oxidation sites excluding steroid dienone is 1. The number of hydrogen-bond acceptors (Lipinski definition) is 6. The smallest absolute Gasteiger partial charge is 0.416 e. The number of thioether (sulfide) groups is 1. The normalized spacial score (nSPS) is 10.8. The van der Waals surface area contributed by atoms with Crippen LogP contribution in [0.25, 0.3) is 22.2 Å². The van der Waals surface area contributed by atoms with Crippen LogP contribution in [0.5, 0.6) is 0 Å². The average Bonchev–Trinajstić information content (AvgIpc) is 2.62. The van der Waals surface area contributed by atoms with Crippen LogP contribution in [0.1, 0.15) is 18.2 Å². The Bertz CT molecular complexity index is 1100. The number of pyridine rings is 1. The molecule has 0 atom stereocenters. The van der Waals surface area contributed by atoms with E-state index in [-0.39, 0.29) is 11.4 Å². The van der Waals surface area contributed by atoms with Crippen molar-refractivity contribution in [2.75, 3.05) is 11.6 Å². The van der Waals surface area contributed by atoms with Gasteiger partial charge in [0.15, 0.2) is 10.8 Å². The summed E-state index contributed by atoms with van der Waals surface area (Å²) in [5, 5.41) is 3.83. The van der Waals surface area contributed by atoms with Gasteiger partial charge < -0.3 is 4.74 Å². The highest BCUT2D eigenvalue weighted by Crippen LogP contribution is 2.32. The lowest BCUT2D eigenvalue weighted by Gasteiger charge is -2.14. The van der Waals surface area contributed by atoms with Gasteiger partial charge in [0.25, 0.3) is 0 Å². The molecule has 0 saturated carbocycles. The fourth-order valence-electron chi connectivity index (χ4n) is 2.76. The van der Waals surface area contributed by atoms with E-state index in [1.165, 1.54) is 24.8 Å². The van der Waals surface area contributed by atoms with E-state index in [0.717, 1.165) is 22.2 Å². The van der Waals surface area contributed by atoms with Gasteiger partial charge in [-0.05, 0) is 56.4 Å². The molecule has 2 aromatic heterocycles. The molecule has 0 aliphatic rings. The summed E-state index contributed by atoms with van der Waals surface area (Å²) in [6, 6.07) is 4.85. The molecule has 1 N–H and O–H groups in total. The van der Waals surface area contributed by atoms with Gasteiger partial charge in [-0.15, -0.1) is 0 Å². The van der Waals surface area contributed by atoms with Crippen molar-refractivity contribution < 1.29 is 13.9 Å². The Morgan fingerprint density at radius 2 is 1.96 bits per heavy atom. The summed E-state index contributed by atoms with van der Waals surface area (Å²) in [5.74, 6) is -0.344. The van der Waals surface area contributed by atoms with Gasteiger partial charge >= 0.3 is 6.09 Å². The van der Waals surface area contributed by atoms with Crippen LogP contribution in [-0.2, 0) is 4.74 Å². The molecule has 8 heteroatoms. The predicted molar refractivity (Wildman–Crippen MR) is 109 cm³/mol. The summed E-state index contributed by atoms with van der Waals surface area (Å²) in [5.41, 5.74) is 3.62. The number of aromatic nitrogens is 3. The Labute approximate surface area is 166 Å². The number of nitrogens with zero attached hydrogens (tertiary/aromatic N) is 3. The molecule has 0 spiro atoms. The number of hydrogen-bond donors (Lipinski definition) is 1. The number of amides is 1. The zero-order chi connectivity index (χ0) is 20.4. The minimum Gasteiger partial charge on any atom is -0.416 e. The summed E-state index contributed by atoms with van der Waals surface area (Å²) in [6.07, 6.45) is 2.82. The quantitative estimate of drug-likeness (QED) is 0.367. The molecule has 2 heterocycles. The summed E-state index contributed by atoms with van der Waals surface area (Å²) in [6.45, 7) is 8.68. The monoisotopic (exact) mass is 398 g/mol. The van der Waals surface area contributed by atoms with Gasteiger partial charge in [0, 0.05) is 22.8 Å². The van der Waals surface area contributed by atoms with Crippen molar-refractivity contribution in [2.45, 2.75) is 25.9 Å². The van der Waals surface area contributed by atoms with E-state index < -0.39 is 11.9 Å². The lowest BCUT2D eigenvalue weighted by molar-refractivity contribution is 0.192. The molecule has 6 nitrogen and oxygen atoms in total. The first kappa shape index (κ1) is 19.8. The van der Waals surface area contributed by atoms with E-state index in [9.17, 15) is 9.18 Å². The van der Waals surface area contributed by atoms with Crippen LogP contribution in [0, 0.1) is 19.7 Å². The minimum absolute atomic E-state index is 0.0142. The molecule has 0 unspecified atom stereocenters. The number of aryl methyl sites for hydroxylation is 2. The third kappa shape index (κ3) is 4.12. The average molecular weight is 398 g/mol. The first-order chi connectivity index (χ1) is 13.3. The summed E-state index contributed by atoms with van der Waals surface area (Å²) < 4.78 is 19.2. The van der Waals surface area contributed by atoms with Gasteiger partial charge in [-0.25, -0.2) is 24.1 Å². The van der Waals surface area contributed by atoms with Crippen LogP contribution in [0.4, 0.5) is 14.9 Å². The molecule has 1 amide bonds. The molecular formula is C20H19FN4O2S. The number of benzene rings is 1. The van der Waals surface area contributed by atoms with Gasteiger partial charge in [-0.3, -0.25) is 5.32 Å². The van der Waals surface area contributed by atoms with Crippen LogP contribution < -0.4 is 5.32 Å². The van der Waals surface area contributed by atoms with Crippen LogP contribution in [0.15, 0.2) is 41.9 Å². The number of rotatable bonds is 4. The lowest BCUT2D eigenvalue weighted by atomic mass is 9.97. The van der Waals surface area contributed by atoms with E-state index in [0.29, 0.717) is 16.4 Å². The third-order valence-electron chi connectivity index (χ3n) is 4.03. The summed E-state index contributed by atoms with van der Waals surface area (Å²) >= 11 is 1.44. The predicted octanol–water partition coefficient (Wildman–Crippen LogP) is 5.25. The van der Waals surface area contributed by atoms with Crippen molar-refractivity contribution in [3.05, 3.63) is 53.8 Å². The molecule has 0 radical (unpaired) electrons. The van der Waals surface area contributed by atoms with Crippen molar-refractivity contribution >= 4 is 34.6 Å². The van der Waals surface area contributed by atoms with Crippen molar-refractivity contribution in [1.82, 2.24) is 15.0 Å². The molecule has 0 bridgehead atoms. The highest BCUT2D eigenvalue weighted by Gasteiger charge is 2.15. The standard InChI is InChI=1S/C20H19FN4O2S/c1-10(2)27-20(26)24-17-8-14(11(3)6-16(17)21)15-7-13-9-22-19(28-5)25-18(13)23-12(15)4/h6-9H,1H2,2-5H3,(H,24,26). The topological polar surface area (TPSA) is 77.0 Å². The molecule has 144 valence electrons. The second kappa shape index (κ2) is 7.93. The number of halogens is 1. The molecule has 1 aromatic carbocycles. The number of ether oxygens (including phenoxy) is 1. The van der Waals surface area contributed by atoms with Gasteiger partial charge in [0.05, 0.1) is 11.4 Å². The van der Waals surface area contributed by atoms with E-state index in [2.05, 4.69) is 26.8 Å². The second-order valence-electron chi connectivity index (χ2n) is 6.25. The molecule has 0 saturated heterocycles. The van der Waals surface area contributed by atoms with Gasteiger partial charge in [-0.2, -0.15) is 0 Å². The maximum Gasteiger partial charge on any atom is 0.416 e. The Morgan fingerprint density at radius 1 is 1.21 bits per heavy atom. The molecule has 28 heavy (non-hydrogen) atoms. The zero-order valence-corrected chi connectivity index (χ0v) is 16.8. The Hall–Kier alpha value is -3.00. The zero-order valence-electron chi connectivity index (χ0n) is 16.0. The summed E-state index contributed by atoms with van der Waals surface area (Å²) in [7, 11) is 0. The van der Waals surface area contributed by atoms with E-state index in [4.69, 9.17) is 4.74 Å². The fraction of sp³-hybridized carbons (Fsp3) is 0.200. The Balaban J connectivity index is 2.07. The lowest BCUT2D eigenvalue weighted by Crippen LogP contribution is -2.13. The molecule has 3 aromatic rings. The van der Waals surface area contributed by atoms with E-state index in [1.807, 2.05) is 19.2 Å². The number of fused-ring (bicyclic) bond motifs is 1. The van der Waals surface area contributed by atoms with Gasteiger partial charge in [0.1, 0.15) is 5.82 Å². The number of anilines is 1. The molecule has 0 fully saturated rings. The highest BCUT2D eigenvalue weighted by atomic mass is 32.2. The van der Waals surface area contributed by atoms with Crippen molar-refractivity contribution in [2.24, 2.45) is 0 Å². The first-order valence-electron chi connectivity index (χ1n) is 8.41. The molecule has 0 aliphatic carbocycles. The summed E-state index contributed by atoms with van der Waals surface area (Å²) in [4.78, 5) is 25.1.